The van der Waals surface area contributed by atoms with Crippen molar-refractivity contribution in [2.24, 2.45) is 0 Å². The Kier molecular flexibility index (Phi) is 4.27. The summed E-state index contributed by atoms with van der Waals surface area (Å²) in [6, 6.07) is 2.05. The molecule has 1 saturated heterocycles. The van der Waals surface area contributed by atoms with Crippen molar-refractivity contribution in [1.82, 2.24) is 5.32 Å². The summed E-state index contributed by atoms with van der Waals surface area (Å²) >= 11 is 0. The summed E-state index contributed by atoms with van der Waals surface area (Å²) in [5.74, 6) is -1.52. The topological polar surface area (TPSA) is 38.3 Å². The molecule has 3 nitrogen and oxygen atoms in total. The quantitative estimate of drug-likeness (QED) is 0.906. The zero-order chi connectivity index (χ0) is 13.8. The number of ether oxygens (including phenoxy) is 1. The summed E-state index contributed by atoms with van der Waals surface area (Å²) in [7, 11) is 0. The third kappa shape index (κ3) is 3.38. The maximum atomic E-state index is 13.7. The molecule has 1 aliphatic rings. The first-order chi connectivity index (χ1) is 9.10. The average Bonchev–Trinajstić information content (AvgIpc) is 2.86. The molecule has 1 fully saturated rings. The van der Waals surface area contributed by atoms with E-state index < -0.39 is 11.6 Å². The fraction of sp³-hybridized carbons (Fsp3) is 0.357. The van der Waals surface area contributed by atoms with Crippen LogP contribution in [0.25, 0.3) is 6.08 Å². The van der Waals surface area contributed by atoms with Crippen molar-refractivity contribution in [3.8, 4) is 0 Å². The Balaban J connectivity index is 2.03. The van der Waals surface area contributed by atoms with Crippen molar-refractivity contribution < 1.29 is 18.3 Å². The molecule has 1 aliphatic heterocycles. The Morgan fingerprint density at radius 3 is 2.89 bits per heavy atom. The van der Waals surface area contributed by atoms with Gasteiger partial charge in [0.25, 0.3) is 0 Å². The van der Waals surface area contributed by atoms with Crippen molar-refractivity contribution in [2.75, 3.05) is 13.2 Å². The molecule has 1 unspecified atom stereocenters. The van der Waals surface area contributed by atoms with Crippen LogP contribution >= 0.6 is 0 Å². The van der Waals surface area contributed by atoms with Crippen molar-refractivity contribution in [3.63, 3.8) is 0 Å². The van der Waals surface area contributed by atoms with Gasteiger partial charge >= 0.3 is 0 Å². The van der Waals surface area contributed by atoms with Gasteiger partial charge in [-0.2, -0.15) is 0 Å². The minimum atomic E-state index is -0.603. The smallest absolute Gasteiger partial charge is 0.224 e. The van der Waals surface area contributed by atoms with Crippen LogP contribution in [0.3, 0.4) is 0 Å². The van der Waals surface area contributed by atoms with Crippen LogP contribution in [-0.4, -0.2) is 25.2 Å². The summed E-state index contributed by atoms with van der Waals surface area (Å²) < 4.78 is 32.3. The predicted molar refractivity (Wildman–Crippen MR) is 67.5 cm³/mol. The molecular formula is C14H15F2NO2. The monoisotopic (exact) mass is 267 g/mol. The highest BCUT2D eigenvalue weighted by molar-refractivity contribution is 5.79. The van der Waals surface area contributed by atoms with E-state index in [2.05, 4.69) is 11.9 Å². The van der Waals surface area contributed by atoms with Crippen LogP contribution in [0.2, 0.25) is 0 Å². The van der Waals surface area contributed by atoms with Gasteiger partial charge in [0.2, 0.25) is 5.91 Å². The summed E-state index contributed by atoms with van der Waals surface area (Å²) in [6.45, 7) is 4.48. The molecule has 19 heavy (non-hydrogen) atoms. The van der Waals surface area contributed by atoms with Gasteiger partial charge in [-0.1, -0.05) is 12.7 Å². The zero-order valence-electron chi connectivity index (χ0n) is 10.4. The summed E-state index contributed by atoms with van der Waals surface area (Å²) in [5.41, 5.74) is 0.130. The first-order valence-electron chi connectivity index (χ1n) is 6.07. The van der Waals surface area contributed by atoms with Gasteiger partial charge in [-0.25, -0.2) is 8.78 Å². The molecule has 1 atom stereocenters. The fourth-order valence-corrected chi connectivity index (χ4v) is 2.00. The molecular weight excluding hydrogens is 252 g/mol. The minimum Gasteiger partial charge on any atom is -0.379 e. The predicted octanol–water partition coefficient (Wildman–Crippen LogP) is 2.06. The standard InChI is InChI=1S/C14H15F2NO2/c1-2-9-5-13(16)10(6-12(9)15)7-14(18)17-11-3-4-19-8-11/h2,5-6,11H,1,3-4,7-8H2,(H,17,18). The third-order valence-corrected chi connectivity index (χ3v) is 3.03. The molecule has 0 bridgehead atoms. The molecule has 5 heteroatoms. The molecule has 1 amide bonds. The van der Waals surface area contributed by atoms with E-state index >= 15 is 0 Å². The number of amides is 1. The number of carbonyl (C=O) groups is 1. The van der Waals surface area contributed by atoms with Gasteiger partial charge in [0.05, 0.1) is 19.1 Å². The minimum absolute atomic E-state index is 0.0344. The molecule has 1 aromatic carbocycles. The number of halogens is 2. The van der Waals surface area contributed by atoms with Gasteiger partial charge in [-0.3, -0.25) is 4.79 Å². The summed E-state index contributed by atoms with van der Waals surface area (Å²) in [5, 5.41) is 2.73. The highest BCUT2D eigenvalue weighted by Crippen LogP contribution is 2.16. The Hall–Kier alpha value is -1.75. The Morgan fingerprint density at radius 2 is 2.26 bits per heavy atom. The molecule has 102 valence electrons. The largest absolute Gasteiger partial charge is 0.379 e. The molecule has 1 aromatic rings. The molecule has 0 aromatic heterocycles. The molecule has 1 N–H and O–H groups in total. The third-order valence-electron chi connectivity index (χ3n) is 3.03. The SMILES string of the molecule is C=Cc1cc(F)c(CC(=O)NC2CCOC2)cc1F. The number of hydrogen-bond acceptors (Lipinski definition) is 2. The number of nitrogens with one attached hydrogen (secondary N) is 1. The molecule has 2 rings (SSSR count). The van der Waals surface area contributed by atoms with Crippen molar-refractivity contribution >= 4 is 12.0 Å². The van der Waals surface area contributed by atoms with Crippen molar-refractivity contribution in [3.05, 3.63) is 41.5 Å². The normalized spacial score (nSPS) is 18.3. The van der Waals surface area contributed by atoms with Crippen LogP contribution in [-0.2, 0) is 16.0 Å². The lowest BCUT2D eigenvalue weighted by Gasteiger charge is -2.11. The number of benzene rings is 1. The number of hydrogen-bond donors (Lipinski definition) is 1. The van der Waals surface area contributed by atoms with Crippen LogP contribution < -0.4 is 5.32 Å². The lowest BCUT2D eigenvalue weighted by molar-refractivity contribution is -0.121. The van der Waals surface area contributed by atoms with Crippen LogP contribution in [0.4, 0.5) is 8.78 Å². The molecule has 0 radical (unpaired) electrons. The average molecular weight is 267 g/mol. The van der Waals surface area contributed by atoms with Crippen molar-refractivity contribution in [2.45, 2.75) is 18.9 Å². The van der Waals surface area contributed by atoms with E-state index in [-0.39, 0.29) is 29.5 Å². The number of rotatable bonds is 4. The molecule has 0 aliphatic carbocycles. The van der Waals surface area contributed by atoms with E-state index in [0.717, 1.165) is 18.6 Å². The second-order valence-corrected chi connectivity index (χ2v) is 4.47. The van der Waals surface area contributed by atoms with Crippen LogP contribution in [0.5, 0.6) is 0 Å². The lowest BCUT2D eigenvalue weighted by atomic mass is 10.1. The van der Waals surface area contributed by atoms with E-state index in [0.29, 0.717) is 13.2 Å². The summed E-state index contributed by atoms with van der Waals surface area (Å²) in [4.78, 5) is 11.7. The highest BCUT2D eigenvalue weighted by Gasteiger charge is 2.19. The van der Waals surface area contributed by atoms with Gasteiger partial charge in [0, 0.05) is 17.7 Å². The van der Waals surface area contributed by atoms with E-state index in [9.17, 15) is 13.6 Å². The van der Waals surface area contributed by atoms with E-state index in [1.165, 1.54) is 6.08 Å². The van der Waals surface area contributed by atoms with Crippen LogP contribution in [0.1, 0.15) is 17.5 Å². The Bertz CT molecular complexity index is 496. The Labute approximate surface area is 110 Å². The first kappa shape index (κ1) is 13.7. The second kappa shape index (κ2) is 5.93. The second-order valence-electron chi connectivity index (χ2n) is 4.47. The fourth-order valence-electron chi connectivity index (χ4n) is 2.00. The van der Waals surface area contributed by atoms with E-state index in [1.54, 1.807) is 0 Å². The van der Waals surface area contributed by atoms with Gasteiger partial charge in [-0.15, -0.1) is 0 Å². The van der Waals surface area contributed by atoms with Crippen LogP contribution in [0, 0.1) is 11.6 Å². The van der Waals surface area contributed by atoms with E-state index in [4.69, 9.17) is 4.74 Å². The van der Waals surface area contributed by atoms with Crippen molar-refractivity contribution in [1.29, 1.82) is 0 Å². The zero-order valence-corrected chi connectivity index (χ0v) is 10.4. The first-order valence-corrected chi connectivity index (χ1v) is 6.07. The van der Waals surface area contributed by atoms with Gasteiger partial charge < -0.3 is 10.1 Å². The molecule has 1 heterocycles. The highest BCUT2D eigenvalue weighted by atomic mass is 19.1. The molecule has 0 saturated carbocycles. The van der Waals surface area contributed by atoms with Gasteiger partial charge in [0.1, 0.15) is 11.6 Å². The Morgan fingerprint density at radius 1 is 1.47 bits per heavy atom. The maximum absolute atomic E-state index is 13.7. The van der Waals surface area contributed by atoms with Crippen LogP contribution in [0.15, 0.2) is 18.7 Å². The maximum Gasteiger partial charge on any atom is 0.224 e. The van der Waals surface area contributed by atoms with E-state index in [1.807, 2.05) is 0 Å². The lowest BCUT2D eigenvalue weighted by Crippen LogP contribution is -2.36. The summed E-state index contributed by atoms with van der Waals surface area (Å²) in [6.07, 6.45) is 1.80. The number of carbonyl (C=O) groups excluding carboxylic acids is 1. The molecule has 0 spiro atoms. The van der Waals surface area contributed by atoms with Gasteiger partial charge in [-0.05, 0) is 18.6 Å². The van der Waals surface area contributed by atoms with Gasteiger partial charge in [0.15, 0.2) is 0 Å².